The van der Waals surface area contributed by atoms with E-state index in [1.54, 1.807) is 0 Å². The minimum atomic E-state index is -0.845. The highest BCUT2D eigenvalue weighted by Crippen LogP contribution is 2.25. The number of nitrogens with zero attached hydrogens (tertiary/aromatic N) is 1. The number of amides is 2. The molecule has 0 aromatic heterocycles. The summed E-state index contributed by atoms with van der Waals surface area (Å²) in [5, 5.41) is 11.4. The van der Waals surface area contributed by atoms with Crippen LogP contribution in [0.15, 0.2) is 18.2 Å². The number of urea groups is 1. The molecule has 2 N–H and O–H groups in total. The van der Waals surface area contributed by atoms with Crippen LogP contribution in [0.4, 0.5) is 14.9 Å². The van der Waals surface area contributed by atoms with Crippen molar-refractivity contribution < 1.29 is 19.1 Å². The first kappa shape index (κ1) is 14.6. The maximum absolute atomic E-state index is 13.6. The van der Waals surface area contributed by atoms with Gasteiger partial charge in [-0.3, -0.25) is 4.79 Å². The largest absolute Gasteiger partial charge is 0.481 e. The van der Waals surface area contributed by atoms with Crippen LogP contribution < -0.4 is 5.32 Å². The van der Waals surface area contributed by atoms with Crippen molar-refractivity contribution in [2.75, 3.05) is 18.4 Å². The van der Waals surface area contributed by atoms with Crippen molar-refractivity contribution in [1.29, 1.82) is 0 Å². The number of nitrogens with one attached hydrogen (secondary N) is 1. The summed E-state index contributed by atoms with van der Waals surface area (Å²) >= 11 is 5.83. The predicted molar refractivity (Wildman–Crippen MR) is 72.4 cm³/mol. The molecular formula is C13H14ClFN2O3. The lowest BCUT2D eigenvalue weighted by atomic mass is 9.97. The third kappa shape index (κ3) is 3.19. The summed E-state index contributed by atoms with van der Waals surface area (Å²) in [7, 11) is 0. The molecule has 0 bridgehead atoms. The summed E-state index contributed by atoms with van der Waals surface area (Å²) in [4.78, 5) is 24.3. The molecule has 0 radical (unpaired) electrons. The lowest BCUT2D eigenvalue weighted by molar-refractivity contribution is -0.143. The monoisotopic (exact) mass is 300 g/mol. The Bertz CT molecular complexity index is 510. The number of carbonyl (C=O) groups is 2. The van der Waals surface area contributed by atoms with Gasteiger partial charge in [0.1, 0.15) is 5.82 Å². The zero-order valence-corrected chi connectivity index (χ0v) is 11.4. The summed E-state index contributed by atoms with van der Waals surface area (Å²) in [6.45, 7) is 0.656. The van der Waals surface area contributed by atoms with Crippen LogP contribution in [-0.2, 0) is 4.79 Å². The minimum Gasteiger partial charge on any atom is -0.481 e. The van der Waals surface area contributed by atoms with Crippen LogP contribution in [-0.4, -0.2) is 35.1 Å². The van der Waals surface area contributed by atoms with Crippen molar-refractivity contribution in [2.24, 2.45) is 5.92 Å². The highest BCUT2D eigenvalue weighted by molar-refractivity contribution is 6.33. The van der Waals surface area contributed by atoms with Crippen molar-refractivity contribution >= 4 is 29.3 Å². The Balaban J connectivity index is 1.98. The predicted octanol–water partition coefficient (Wildman–Crippen LogP) is 2.81. The van der Waals surface area contributed by atoms with Gasteiger partial charge in [-0.15, -0.1) is 0 Å². The fourth-order valence-electron chi connectivity index (χ4n) is 2.13. The average Bonchev–Trinajstić information content (AvgIpc) is 2.43. The average molecular weight is 301 g/mol. The van der Waals surface area contributed by atoms with E-state index >= 15 is 0 Å². The zero-order chi connectivity index (χ0) is 14.7. The number of rotatable bonds is 2. The molecule has 1 heterocycles. The molecule has 0 unspecified atom stereocenters. The molecular weight excluding hydrogens is 287 g/mol. The number of carbonyl (C=O) groups excluding carboxylic acids is 1. The van der Waals surface area contributed by atoms with Gasteiger partial charge in [0.15, 0.2) is 0 Å². The number of halogens is 2. The molecule has 1 aliphatic rings. The Morgan fingerprint density at radius 2 is 2.00 bits per heavy atom. The van der Waals surface area contributed by atoms with Gasteiger partial charge >= 0.3 is 12.0 Å². The number of anilines is 1. The molecule has 7 heteroatoms. The number of para-hydroxylation sites is 1. The van der Waals surface area contributed by atoms with E-state index in [9.17, 15) is 14.0 Å². The van der Waals surface area contributed by atoms with Crippen LogP contribution in [0.25, 0.3) is 0 Å². The van der Waals surface area contributed by atoms with Gasteiger partial charge in [-0.05, 0) is 25.0 Å². The van der Waals surface area contributed by atoms with Crippen LogP contribution in [0.2, 0.25) is 5.02 Å². The number of hydrogen-bond donors (Lipinski definition) is 2. The molecule has 20 heavy (non-hydrogen) atoms. The van der Waals surface area contributed by atoms with E-state index in [2.05, 4.69) is 5.32 Å². The second-order valence-corrected chi connectivity index (χ2v) is 5.03. The first-order valence-electron chi connectivity index (χ1n) is 6.22. The highest BCUT2D eigenvalue weighted by Gasteiger charge is 2.27. The summed E-state index contributed by atoms with van der Waals surface area (Å²) in [5.74, 6) is -1.87. The SMILES string of the molecule is O=C(O)C1CCN(C(=O)Nc2c(F)cccc2Cl)CC1. The number of benzene rings is 1. The summed E-state index contributed by atoms with van der Waals surface area (Å²) < 4.78 is 13.6. The fraction of sp³-hybridized carbons (Fsp3) is 0.385. The minimum absolute atomic E-state index is 0.0560. The van der Waals surface area contributed by atoms with Crippen molar-refractivity contribution in [2.45, 2.75) is 12.8 Å². The van der Waals surface area contributed by atoms with Crippen LogP contribution in [0.1, 0.15) is 12.8 Å². The summed E-state index contributed by atoms with van der Waals surface area (Å²) in [5.41, 5.74) is -0.0560. The molecule has 0 spiro atoms. The van der Waals surface area contributed by atoms with Gasteiger partial charge in [-0.25, -0.2) is 9.18 Å². The molecule has 1 aromatic carbocycles. The molecule has 1 saturated heterocycles. The van der Waals surface area contributed by atoms with E-state index in [0.29, 0.717) is 25.9 Å². The molecule has 1 fully saturated rings. The summed E-state index contributed by atoms with van der Waals surface area (Å²) in [6.07, 6.45) is 0.793. The first-order valence-corrected chi connectivity index (χ1v) is 6.59. The lowest BCUT2D eigenvalue weighted by Crippen LogP contribution is -2.42. The Labute approximate surface area is 120 Å². The third-order valence-corrected chi connectivity index (χ3v) is 3.64. The molecule has 1 aromatic rings. The normalized spacial score (nSPS) is 16.0. The zero-order valence-electron chi connectivity index (χ0n) is 10.6. The molecule has 0 saturated carbocycles. The van der Waals surface area contributed by atoms with Gasteiger partial charge < -0.3 is 15.3 Å². The maximum Gasteiger partial charge on any atom is 0.321 e. The number of piperidine rings is 1. The molecule has 5 nitrogen and oxygen atoms in total. The van der Waals surface area contributed by atoms with Gasteiger partial charge in [0.05, 0.1) is 16.6 Å². The molecule has 0 atom stereocenters. The molecule has 0 aliphatic carbocycles. The smallest absolute Gasteiger partial charge is 0.321 e. The van der Waals surface area contributed by atoms with E-state index in [-0.39, 0.29) is 10.7 Å². The topological polar surface area (TPSA) is 69.6 Å². The Morgan fingerprint density at radius 3 is 2.55 bits per heavy atom. The van der Waals surface area contributed by atoms with E-state index in [4.69, 9.17) is 16.7 Å². The number of likely N-dealkylation sites (tertiary alicyclic amines) is 1. The quantitative estimate of drug-likeness (QED) is 0.882. The van der Waals surface area contributed by atoms with Gasteiger partial charge in [-0.2, -0.15) is 0 Å². The van der Waals surface area contributed by atoms with E-state index in [1.165, 1.54) is 23.1 Å². The molecule has 1 aliphatic heterocycles. The Morgan fingerprint density at radius 1 is 1.35 bits per heavy atom. The van der Waals surface area contributed by atoms with Gasteiger partial charge in [0.2, 0.25) is 0 Å². The lowest BCUT2D eigenvalue weighted by Gasteiger charge is -2.30. The number of carboxylic acids is 1. The standard InChI is InChI=1S/C13H14ClFN2O3/c14-9-2-1-3-10(15)11(9)16-13(20)17-6-4-8(5-7-17)12(18)19/h1-3,8H,4-7H2,(H,16,20)(H,18,19). The van der Waals surface area contributed by atoms with E-state index < -0.39 is 23.7 Å². The highest BCUT2D eigenvalue weighted by atomic mass is 35.5. The number of carboxylic acid groups (broad SMARTS) is 1. The van der Waals surface area contributed by atoms with E-state index in [0.717, 1.165) is 0 Å². The van der Waals surface area contributed by atoms with Crippen LogP contribution in [0.5, 0.6) is 0 Å². The molecule has 2 amide bonds. The Kier molecular flexibility index (Phi) is 4.44. The third-order valence-electron chi connectivity index (χ3n) is 3.33. The second-order valence-electron chi connectivity index (χ2n) is 4.63. The van der Waals surface area contributed by atoms with Crippen LogP contribution in [0.3, 0.4) is 0 Å². The number of aliphatic carboxylic acids is 1. The van der Waals surface area contributed by atoms with Crippen molar-refractivity contribution in [3.63, 3.8) is 0 Å². The van der Waals surface area contributed by atoms with Crippen molar-refractivity contribution in [3.05, 3.63) is 29.0 Å². The maximum atomic E-state index is 13.6. The van der Waals surface area contributed by atoms with Gasteiger partial charge in [-0.1, -0.05) is 17.7 Å². The second kappa shape index (κ2) is 6.09. The van der Waals surface area contributed by atoms with Crippen LogP contribution in [0, 0.1) is 11.7 Å². The molecule has 108 valence electrons. The first-order chi connectivity index (χ1) is 9.49. The van der Waals surface area contributed by atoms with Crippen LogP contribution >= 0.6 is 11.6 Å². The summed E-state index contributed by atoms with van der Waals surface area (Å²) in [6, 6.07) is 3.67. The van der Waals surface area contributed by atoms with Gasteiger partial charge in [0, 0.05) is 13.1 Å². The van der Waals surface area contributed by atoms with E-state index in [1.807, 2.05) is 0 Å². The Hall–Kier alpha value is -1.82. The van der Waals surface area contributed by atoms with Crippen molar-refractivity contribution in [1.82, 2.24) is 4.90 Å². The molecule has 2 rings (SSSR count). The van der Waals surface area contributed by atoms with Crippen molar-refractivity contribution in [3.8, 4) is 0 Å². The number of hydrogen-bond acceptors (Lipinski definition) is 2. The fourth-order valence-corrected chi connectivity index (χ4v) is 2.34. The van der Waals surface area contributed by atoms with Gasteiger partial charge in [0.25, 0.3) is 0 Å².